The van der Waals surface area contributed by atoms with Crippen molar-refractivity contribution in [2.75, 3.05) is 30.8 Å². The predicted octanol–water partition coefficient (Wildman–Crippen LogP) is 4.60. The number of nitrogens with two attached hydrogens (primary N) is 1. The number of aromatic nitrogens is 5. The molecule has 0 radical (unpaired) electrons. The minimum Gasteiger partial charge on any atom is -0.495 e. The van der Waals surface area contributed by atoms with Gasteiger partial charge in [-0.3, -0.25) is 4.98 Å². The van der Waals surface area contributed by atoms with E-state index in [1.54, 1.807) is 13.3 Å². The molecule has 4 aromatic rings. The van der Waals surface area contributed by atoms with E-state index < -0.39 is 0 Å². The Bertz CT molecular complexity index is 1420. The van der Waals surface area contributed by atoms with Crippen molar-refractivity contribution in [3.63, 3.8) is 0 Å². The van der Waals surface area contributed by atoms with Crippen LogP contribution in [0.4, 0.5) is 11.6 Å². The molecule has 1 aliphatic carbocycles. The zero-order valence-corrected chi connectivity index (χ0v) is 20.8. The zero-order valence-electron chi connectivity index (χ0n) is 19.2. The third-order valence-electron chi connectivity index (χ3n) is 6.99. The molecule has 2 N–H and O–H groups in total. The lowest BCUT2D eigenvalue weighted by Crippen LogP contribution is -2.41. The predicted molar refractivity (Wildman–Crippen MR) is 137 cm³/mol. The molecule has 5 heterocycles. The molecule has 0 unspecified atom stereocenters. The Balaban J connectivity index is 1.15. The van der Waals surface area contributed by atoms with Crippen LogP contribution in [0.3, 0.4) is 0 Å². The molecule has 35 heavy (non-hydrogen) atoms. The van der Waals surface area contributed by atoms with Gasteiger partial charge in [0, 0.05) is 29.9 Å². The third kappa shape index (κ3) is 4.23. The van der Waals surface area contributed by atoms with Crippen LogP contribution in [0.15, 0.2) is 52.8 Å². The average molecular weight is 506 g/mol. The van der Waals surface area contributed by atoms with E-state index in [2.05, 4.69) is 30.9 Å². The van der Waals surface area contributed by atoms with Crippen molar-refractivity contribution in [3.8, 4) is 5.75 Å². The van der Waals surface area contributed by atoms with Crippen LogP contribution in [-0.4, -0.2) is 45.1 Å². The third-order valence-corrected chi connectivity index (χ3v) is 8.49. The Morgan fingerprint density at radius 2 is 1.91 bits per heavy atom. The first-order valence-corrected chi connectivity index (χ1v) is 12.7. The summed E-state index contributed by atoms with van der Waals surface area (Å²) in [6.07, 6.45) is 9.62. The van der Waals surface area contributed by atoms with Gasteiger partial charge in [0.05, 0.1) is 24.5 Å². The molecule has 8 nitrogen and oxygen atoms in total. The molecule has 0 aromatic carbocycles. The molecule has 4 aromatic heterocycles. The summed E-state index contributed by atoms with van der Waals surface area (Å²) in [7, 11) is 1.69. The monoisotopic (exact) mass is 505 g/mol. The first-order chi connectivity index (χ1) is 17.0. The minimum atomic E-state index is 0.285. The SMILES string of the molecule is COc1cnc2c(c1)CC1(CCN(c3cnc4nc(Sc5ccnc(N)c5Cl)ccc4n3)CC1)C2. The highest BCUT2D eigenvalue weighted by atomic mass is 35.5. The molecule has 6 rings (SSSR count). The van der Waals surface area contributed by atoms with Gasteiger partial charge in [-0.15, -0.1) is 0 Å². The Labute approximate surface area is 212 Å². The number of anilines is 2. The van der Waals surface area contributed by atoms with E-state index in [0.29, 0.717) is 16.5 Å². The summed E-state index contributed by atoms with van der Waals surface area (Å²) in [5.74, 6) is 2.05. The molecule has 2 aliphatic rings. The Hall–Kier alpha value is -3.17. The van der Waals surface area contributed by atoms with Gasteiger partial charge in [0.2, 0.25) is 0 Å². The quantitative estimate of drug-likeness (QED) is 0.426. The average Bonchev–Trinajstić information content (AvgIpc) is 3.23. The summed E-state index contributed by atoms with van der Waals surface area (Å²) >= 11 is 7.70. The van der Waals surface area contributed by atoms with Gasteiger partial charge in [0.25, 0.3) is 0 Å². The number of piperidine rings is 1. The standard InChI is InChI=1S/C25H24ClN7OS/c1-34-16-10-15-11-25(12-18(15)29-13-16)5-8-33(9-6-25)20-14-30-24-17(31-20)2-3-21(32-24)35-19-4-7-28-23(27)22(19)26/h2-4,7,10,13-14H,5-6,8-9,11-12H2,1H3,(H2,27,28). The van der Waals surface area contributed by atoms with Crippen molar-refractivity contribution >= 4 is 46.2 Å². The van der Waals surface area contributed by atoms with Gasteiger partial charge in [-0.25, -0.2) is 19.9 Å². The summed E-state index contributed by atoms with van der Waals surface area (Å²) in [5.41, 5.74) is 10.0. The molecule has 1 saturated heterocycles. The number of fused-ring (bicyclic) bond motifs is 2. The van der Waals surface area contributed by atoms with Gasteiger partial charge >= 0.3 is 0 Å². The lowest BCUT2D eigenvalue weighted by atomic mass is 9.76. The second-order valence-corrected chi connectivity index (χ2v) is 10.6. The van der Waals surface area contributed by atoms with Crippen molar-refractivity contribution in [2.45, 2.75) is 35.6 Å². The Morgan fingerprint density at radius 1 is 1.06 bits per heavy atom. The van der Waals surface area contributed by atoms with E-state index in [-0.39, 0.29) is 5.41 Å². The number of halogens is 1. The second kappa shape index (κ2) is 8.80. The van der Waals surface area contributed by atoms with Crippen LogP contribution in [0.1, 0.15) is 24.1 Å². The summed E-state index contributed by atoms with van der Waals surface area (Å²) in [5, 5.41) is 1.21. The van der Waals surface area contributed by atoms with E-state index in [9.17, 15) is 0 Å². The first kappa shape index (κ1) is 22.3. The number of methoxy groups -OCH3 is 1. The van der Waals surface area contributed by atoms with Crippen molar-refractivity contribution in [1.29, 1.82) is 0 Å². The van der Waals surface area contributed by atoms with Crippen LogP contribution in [0, 0.1) is 5.41 Å². The molecular weight excluding hydrogens is 482 g/mol. The number of nitrogen functional groups attached to an aromatic ring is 1. The fourth-order valence-electron chi connectivity index (χ4n) is 5.05. The Morgan fingerprint density at radius 3 is 2.74 bits per heavy atom. The van der Waals surface area contributed by atoms with Crippen LogP contribution in [-0.2, 0) is 12.8 Å². The van der Waals surface area contributed by atoms with Gasteiger partial charge in [0.1, 0.15) is 27.9 Å². The van der Waals surface area contributed by atoms with E-state index in [1.807, 2.05) is 30.6 Å². The van der Waals surface area contributed by atoms with Crippen molar-refractivity contribution < 1.29 is 4.74 Å². The number of pyridine rings is 3. The summed E-state index contributed by atoms with van der Waals surface area (Å²) in [6.45, 7) is 1.91. The van der Waals surface area contributed by atoms with Crippen molar-refractivity contribution in [1.82, 2.24) is 24.9 Å². The number of nitrogens with zero attached hydrogens (tertiary/aromatic N) is 6. The lowest BCUT2D eigenvalue weighted by Gasteiger charge is -2.39. The van der Waals surface area contributed by atoms with Gasteiger partial charge in [0.15, 0.2) is 5.65 Å². The lowest BCUT2D eigenvalue weighted by molar-refractivity contribution is 0.231. The molecule has 10 heteroatoms. The Kier molecular flexibility index (Phi) is 5.61. The van der Waals surface area contributed by atoms with Crippen LogP contribution in [0.2, 0.25) is 5.02 Å². The normalized spacial score (nSPS) is 16.6. The van der Waals surface area contributed by atoms with Gasteiger partial charge in [-0.05, 0) is 60.9 Å². The number of ether oxygens (including phenoxy) is 1. The van der Waals surface area contributed by atoms with E-state index in [0.717, 1.165) is 65.8 Å². The van der Waals surface area contributed by atoms with Crippen LogP contribution < -0.4 is 15.4 Å². The maximum absolute atomic E-state index is 6.27. The smallest absolute Gasteiger partial charge is 0.179 e. The number of rotatable bonds is 4. The first-order valence-electron chi connectivity index (χ1n) is 11.5. The summed E-state index contributed by atoms with van der Waals surface area (Å²) in [6, 6.07) is 7.86. The van der Waals surface area contributed by atoms with Crippen LogP contribution >= 0.6 is 23.4 Å². The number of hydrogen-bond donors (Lipinski definition) is 1. The fourth-order valence-corrected chi connectivity index (χ4v) is 6.09. The summed E-state index contributed by atoms with van der Waals surface area (Å²) in [4.78, 5) is 25.9. The molecule has 1 aliphatic heterocycles. The highest BCUT2D eigenvalue weighted by Gasteiger charge is 2.41. The van der Waals surface area contributed by atoms with E-state index in [1.165, 1.54) is 23.0 Å². The fraction of sp³-hybridized carbons (Fsp3) is 0.320. The highest BCUT2D eigenvalue weighted by molar-refractivity contribution is 7.99. The van der Waals surface area contributed by atoms with Crippen molar-refractivity contribution in [3.05, 3.63) is 59.1 Å². The van der Waals surface area contributed by atoms with E-state index in [4.69, 9.17) is 27.1 Å². The molecule has 0 amide bonds. The van der Waals surface area contributed by atoms with Crippen LogP contribution in [0.25, 0.3) is 11.2 Å². The summed E-state index contributed by atoms with van der Waals surface area (Å²) < 4.78 is 5.37. The molecule has 0 atom stereocenters. The van der Waals surface area contributed by atoms with E-state index >= 15 is 0 Å². The minimum absolute atomic E-state index is 0.285. The second-order valence-electron chi connectivity index (χ2n) is 9.15. The molecule has 178 valence electrons. The molecular formula is C25H24ClN7OS. The maximum atomic E-state index is 6.27. The van der Waals surface area contributed by atoms with Gasteiger partial charge in [-0.2, -0.15) is 0 Å². The van der Waals surface area contributed by atoms with Gasteiger partial charge < -0.3 is 15.4 Å². The molecule has 1 spiro atoms. The topological polar surface area (TPSA) is 103 Å². The van der Waals surface area contributed by atoms with Crippen molar-refractivity contribution in [2.24, 2.45) is 5.41 Å². The van der Waals surface area contributed by atoms with Gasteiger partial charge in [-0.1, -0.05) is 23.4 Å². The largest absolute Gasteiger partial charge is 0.495 e. The molecule has 1 fully saturated rings. The van der Waals surface area contributed by atoms with Crippen LogP contribution in [0.5, 0.6) is 5.75 Å². The number of hydrogen-bond acceptors (Lipinski definition) is 9. The zero-order chi connectivity index (χ0) is 24.0. The maximum Gasteiger partial charge on any atom is 0.179 e. The highest BCUT2D eigenvalue weighted by Crippen LogP contribution is 2.45. The molecule has 0 saturated carbocycles. The molecule has 0 bridgehead atoms.